The predicted octanol–water partition coefficient (Wildman–Crippen LogP) is 2.14. The second-order valence-electron chi connectivity index (χ2n) is 6.60. The van der Waals surface area contributed by atoms with Crippen molar-refractivity contribution >= 4 is 11.7 Å². The van der Waals surface area contributed by atoms with Crippen molar-refractivity contribution in [2.45, 2.75) is 18.9 Å². The number of aromatic nitrogens is 1. The summed E-state index contributed by atoms with van der Waals surface area (Å²) in [6.07, 6.45) is 3.46. The first-order valence-corrected chi connectivity index (χ1v) is 9.31. The Kier molecular flexibility index (Phi) is 6.56. The molecule has 7 heteroatoms. The molecule has 0 bridgehead atoms. The Morgan fingerprint density at radius 1 is 1.14 bits per heavy atom. The highest BCUT2D eigenvalue weighted by Gasteiger charge is 2.27. The van der Waals surface area contributed by atoms with Crippen LogP contribution in [0.15, 0.2) is 42.6 Å². The summed E-state index contributed by atoms with van der Waals surface area (Å²) in [5.74, 6) is 0.739. The van der Waals surface area contributed by atoms with Crippen molar-refractivity contribution in [3.05, 3.63) is 48.2 Å². The SMILES string of the molecule is N#Cc1ccc(-c2ccc(NCCNCC(=O)N3CCC[C@H]3C#N)nc2)cc1. The average Bonchev–Trinajstić information content (AvgIpc) is 3.23. The Morgan fingerprint density at radius 3 is 2.61 bits per heavy atom. The number of hydrogen-bond donors (Lipinski definition) is 2. The molecule has 2 aromatic rings. The molecule has 2 N–H and O–H groups in total. The maximum atomic E-state index is 12.1. The predicted molar refractivity (Wildman–Crippen MR) is 106 cm³/mol. The summed E-state index contributed by atoms with van der Waals surface area (Å²) in [7, 11) is 0. The minimum absolute atomic E-state index is 0.0195. The van der Waals surface area contributed by atoms with E-state index in [2.05, 4.69) is 27.8 Å². The van der Waals surface area contributed by atoms with E-state index >= 15 is 0 Å². The molecular formula is C21H22N6O. The number of anilines is 1. The maximum Gasteiger partial charge on any atom is 0.237 e. The molecule has 1 atom stereocenters. The number of nitrogens with one attached hydrogen (secondary N) is 2. The zero-order chi connectivity index (χ0) is 19.8. The van der Waals surface area contributed by atoms with Crippen molar-refractivity contribution in [3.63, 3.8) is 0 Å². The van der Waals surface area contributed by atoms with Crippen molar-refractivity contribution in [3.8, 4) is 23.3 Å². The van der Waals surface area contributed by atoms with Crippen LogP contribution in [0.3, 0.4) is 0 Å². The van der Waals surface area contributed by atoms with Crippen LogP contribution in [0, 0.1) is 22.7 Å². The Bertz CT molecular complexity index is 879. The van der Waals surface area contributed by atoms with E-state index < -0.39 is 0 Å². The number of hydrogen-bond acceptors (Lipinski definition) is 6. The fourth-order valence-electron chi connectivity index (χ4n) is 3.18. The van der Waals surface area contributed by atoms with Crippen molar-refractivity contribution in [1.29, 1.82) is 10.5 Å². The maximum absolute atomic E-state index is 12.1. The lowest BCUT2D eigenvalue weighted by molar-refractivity contribution is -0.130. The van der Waals surface area contributed by atoms with Gasteiger partial charge in [0, 0.05) is 31.4 Å². The average molecular weight is 374 g/mol. The van der Waals surface area contributed by atoms with E-state index in [-0.39, 0.29) is 18.5 Å². The first-order valence-electron chi connectivity index (χ1n) is 9.31. The van der Waals surface area contributed by atoms with Gasteiger partial charge in [0.2, 0.25) is 5.91 Å². The summed E-state index contributed by atoms with van der Waals surface area (Å²) in [6, 6.07) is 15.3. The number of nitriles is 2. The number of nitrogens with zero attached hydrogens (tertiary/aromatic N) is 4. The van der Waals surface area contributed by atoms with Crippen LogP contribution in [0.2, 0.25) is 0 Å². The lowest BCUT2D eigenvalue weighted by atomic mass is 10.1. The van der Waals surface area contributed by atoms with Gasteiger partial charge in [-0.05, 0) is 42.7 Å². The molecule has 1 aromatic heterocycles. The Hall–Kier alpha value is -3.42. The third kappa shape index (κ3) is 4.85. The number of carbonyl (C=O) groups is 1. The third-order valence-corrected chi connectivity index (χ3v) is 4.72. The molecule has 1 saturated heterocycles. The van der Waals surface area contributed by atoms with Crippen LogP contribution in [0.1, 0.15) is 18.4 Å². The number of likely N-dealkylation sites (tertiary alicyclic amines) is 1. The molecule has 142 valence electrons. The first kappa shape index (κ1) is 19.3. The highest BCUT2D eigenvalue weighted by atomic mass is 16.2. The highest BCUT2D eigenvalue weighted by Crippen LogP contribution is 2.20. The van der Waals surface area contributed by atoms with Crippen molar-refractivity contribution in [2.24, 2.45) is 0 Å². The standard InChI is InChI=1S/C21H22N6O/c22-12-16-3-5-17(6-4-16)18-7-8-20(26-14-18)25-10-9-24-15-21(28)27-11-1-2-19(27)13-23/h3-8,14,19,24H,1-2,9-11,15H2,(H,25,26)/t19-/m0/s1. The molecule has 1 aliphatic heterocycles. The molecule has 7 nitrogen and oxygen atoms in total. The molecule has 0 aliphatic carbocycles. The fraction of sp³-hybridized carbons (Fsp3) is 0.333. The zero-order valence-corrected chi connectivity index (χ0v) is 15.6. The van der Waals surface area contributed by atoms with Gasteiger partial charge in [-0.1, -0.05) is 12.1 Å². The second-order valence-corrected chi connectivity index (χ2v) is 6.60. The van der Waals surface area contributed by atoms with Crippen LogP contribution < -0.4 is 10.6 Å². The Morgan fingerprint density at radius 2 is 1.93 bits per heavy atom. The number of pyridine rings is 1. The van der Waals surface area contributed by atoms with Gasteiger partial charge in [-0.25, -0.2) is 4.98 Å². The molecule has 2 heterocycles. The van der Waals surface area contributed by atoms with Gasteiger partial charge in [-0.15, -0.1) is 0 Å². The molecule has 3 rings (SSSR count). The van der Waals surface area contributed by atoms with Crippen LogP contribution >= 0.6 is 0 Å². The second kappa shape index (κ2) is 9.50. The smallest absolute Gasteiger partial charge is 0.237 e. The molecule has 1 fully saturated rings. The largest absolute Gasteiger partial charge is 0.369 e. The Balaban J connectivity index is 1.40. The molecule has 1 amide bonds. The molecule has 28 heavy (non-hydrogen) atoms. The molecule has 1 aromatic carbocycles. The van der Waals surface area contributed by atoms with Crippen molar-refractivity contribution < 1.29 is 4.79 Å². The Labute approximate surface area is 164 Å². The van der Waals surface area contributed by atoms with Gasteiger partial charge in [-0.2, -0.15) is 10.5 Å². The molecule has 0 spiro atoms. The minimum atomic E-state index is -0.272. The summed E-state index contributed by atoms with van der Waals surface area (Å²) < 4.78 is 0. The number of carbonyl (C=O) groups excluding carboxylic acids is 1. The number of rotatable bonds is 7. The lowest BCUT2D eigenvalue weighted by Crippen LogP contribution is -2.41. The van der Waals surface area contributed by atoms with Gasteiger partial charge >= 0.3 is 0 Å². The van der Waals surface area contributed by atoms with E-state index in [1.807, 2.05) is 24.3 Å². The van der Waals surface area contributed by atoms with Gasteiger partial charge < -0.3 is 15.5 Å². The molecular weight excluding hydrogens is 352 g/mol. The van der Waals surface area contributed by atoms with E-state index in [1.54, 1.807) is 23.2 Å². The van der Waals surface area contributed by atoms with Gasteiger partial charge in [0.1, 0.15) is 11.9 Å². The van der Waals surface area contributed by atoms with Crippen molar-refractivity contribution in [1.82, 2.24) is 15.2 Å². The van der Waals surface area contributed by atoms with Gasteiger partial charge in [0.05, 0.1) is 24.2 Å². The van der Waals surface area contributed by atoms with Gasteiger partial charge in [0.25, 0.3) is 0 Å². The van der Waals surface area contributed by atoms with E-state index in [4.69, 9.17) is 10.5 Å². The lowest BCUT2D eigenvalue weighted by Gasteiger charge is -2.19. The van der Waals surface area contributed by atoms with Crippen LogP contribution in [-0.4, -0.2) is 48.0 Å². The number of amides is 1. The van der Waals surface area contributed by atoms with E-state index in [0.29, 0.717) is 25.2 Å². The fourth-order valence-corrected chi connectivity index (χ4v) is 3.18. The molecule has 1 aliphatic rings. The topological polar surface area (TPSA) is 105 Å². The monoisotopic (exact) mass is 374 g/mol. The van der Waals surface area contributed by atoms with Crippen LogP contribution in [0.25, 0.3) is 11.1 Å². The summed E-state index contributed by atoms with van der Waals surface area (Å²) in [5.41, 5.74) is 2.63. The zero-order valence-electron chi connectivity index (χ0n) is 15.6. The van der Waals surface area contributed by atoms with Crippen LogP contribution in [0.5, 0.6) is 0 Å². The molecule has 0 unspecified atom stereocenters. The highest BCUT2D eigenvalue weighted by molar-refractivity contribution is 5.79. The summed E-state index contributed by atoms with van der Waals surface area (Å²) in [6.45, 7) is 2.17. The van der Waals surface area contributed by atoms with E-state index in [9.17, 15) is 4.79 Å². The third-order valence-electron chi connectivity index (χ3n) is 4.72. The summed E-state index contributed by atoms with van der Waals surface area (Å²) >= 11 is 0. The normalized spacial score (nSPS) is 15.6. The van der Waals surface area contributed by atoms with Gasteiger partial charge in [-0.3, -0.25) is 4.79 Å². The minimum Gasteiger partial charge on any atom is -0.369 e. The van der Waals surface area contributed by atoms with Crippen LogP contribution in [-0.2, 0) is 4.79 Å². The summed E-state index contributed by atoms with van der Waals surface area (Å²) in [5, 5.41) is 24.2. The summed E-state index contributed by atoms with van der Waals surface area (Å²) in [4.78, 5) is 18.2. The van der Waals surface area contributed by atoms with Crippen molar-refractivity contribution in [2.75, 3.05) is 31.5 Å². The van der Waals surface area contributed by atoms with E-state index in [0.717, 1.165) is 29.8 Å². The molecule has 0 saturated carbocycles. The molecule has 0 radical (unpaired) electrons. The number of benzene rings is 1. The van der Waals surface area contributed by atoms with E-state index in [1.165, 1.54) is 0 Å². The van der Waals surface area contributed by atoms with Gasteiger partial charge in [0.15, 0.2) is 0 Å². The quantitative estimate of drug-likeness (QED) is 0.720. The first-order chi connectivity index (χ1) is 13.7. The van der Waals surface area contributed by atoms with Crippen LogP contribution in [0.4, 0.5) is 5.82 Å².